The molecule has 0 aliphatic heterocycles. The molecule has 0 fully saturated rings. The number of aliphatic imine (C=N–C) groups is 1. The molecule has 0 rings (SSSR count). The minimum Gasteiger partial charge on any atom is -0.370 e. The molecule has 0 saturated heterocycles. The van der Waals surface area contributed by atoms with Gasteiger partial charge in [-0.3, -0.25) is 4.99 Å². The molecule has 0 aromatic carbocycles. The Morgan fingerprint density at radius 3 is 2.40 bits per heavy atom. The summed E-state index contributed by atoms with van der Waals surface area (Å²) < 4.78 is 0. The van der Waals surface area contributed by atoms with Crippen LogP contribution in [0.15, 0.2) is 4.99 Å². The minimum absolute atomic E-state index is 0.425. The number of likely N-dealkylation sites (N-methyl/N-ethyl adjacent to an activating group) is 1. The summed E-state index contributed by atoms with van der Waals surface area (Å²) in [7, 11) is 2.14. The average Bonchev–Trinajstić information content (AvgIpc) is 2.16. The molecule has 0 amide bonds. The van der Waals surface area contributed by atoms with Crippen molar-refractivity contribution >= 4 is 5.84 Å². The number of nitrogens with zero attached hydrogens (tertiary/aromatic N) is 2. The van der Waals surface area contributed by atoms with Crippen molar-refractivity contribution in [3.05, 3.63) is 0 Å². The van der Waals surface area contributed by atoms with E-state index in [1.807, 2.05) is 0 Å². The van der Waals surface area contributed by atoms with Crippen LogP contribution in [0.5, 0.6) is 0 Å². The highest BCUT2D eigenvalue weighted by Crippen LogP contribution is 1.96. The van der Waals surface area contributed by atoms with Crippen molar-refractivity contribution in [2.45, 2.75) is 53.1 Å². The quantitative estimate of drug-likeness (QED) is 0.541. The van der Waals surface area contributed by atoms with Crippen molar-refractivity contribution in [1.29, 1.82) is 0 Å². The van der Waals surface area contributed by atoms with E-state index in [2.05, 4.69) is 56.9 Å². The Kier molecular flexibility index (Phi) is 7.39. The van der Waals surface area contributed by atoms with Crippen molar-refractivity contribution in [3.8, 4) is 0 Å². The first-order valence-corrected chi connectivity index (χ1v) is 5.99. The lowest BCUT2D eigenvalue weighted by molar-refractivity contribution is 0.324. The zero-order valence-corrected chi connectivity index (χ0v) is 11.2. The normalized spacial score (nSPS) is 16.6. The molecule has 90 valence electrons. The van der Waals surface area contributed by atoms with Crippen LogP contribution in [-0.2, 0) is 0 Å². The van der Waals surface area contributed by atoms with E-state index in [1.54, 1.807) is 0 Å². The van der Waals surface area contributed by atoms with Crippen molar-refractivity contribution in [2.75, 3.05) is 20.1 Å². The molecule has 15 heavy (non-hydrogen) atoms. The van der Waals surface area contributed by atoms with E-state index in [-0.39, 0.29) is 0 Å². The molecule has 0 radical (unpaired) electrons. The van der Waals surface area contributed by atoms with Gasteiger partial charge in [0, 0.05) is 18.6 Å². The van der Waals surface area contributed by atoms with Crippen LogP contribution < -0.4 is 5.32 Å². The van der Waals surface area contributed by atoms with Gasteiger partial charge in [-0.25, -0.2) is 0 Å². The van der Waals surface area contributed by atoms with Gasteiger partial charge in [-0.2, -0.15) is 0 Å². The lowest BCUT2D eigenvalue weighted by Gasteiger charge is -2.21. The highest BCUT2D eigenvalue weighted by Gasteiger charge is 2.05. The Morgan fingerprint density at radius 1 is 1.33 bits per heavy atom. The molecule has 3 nitrogen and oxygen atoms in total. The molecule has 2 unspecified atom stereocenters. The summed E-state index contributed by atoms with van der Waals surface area (Å²) in [6.45, 7) is 12.9. The summed E-state index contributed by atoms with van der Waals surface area (Å²) in [6.07, 6.45) is 1.10. The molecule has 0 aliphatic rings. The summed E-state index contributed by atoms with van der Waals surface area (Å²) >= 11 is 0. The van der Waals surface area contributed by atoms with Crippen LogP contribution in [0.4, 0.5) is 0 Å². The third-order valence-corrected chi connectivity index (χ3v) is 2.59. The number of rotatable bonds is 6. The smallest absolute Gasteiger partial charge is 0.0937 e. The number of amidine groups is 1. The fourth-order valence-electron chi connectivity index (χ4n) is 1.46. The van der Waals surface area contributed by atoms with Gasteiger partial charge in [0.05, 0.1) is 5.84 Å². The van der Waals surface area contributed by atoms with Crippen LogP contribution in [0.1, 0.15) is 41.0 Å². The molecule has 2 atom stereocenters. The Bertz CT molecular complexity index is 189. The van der Waals surface area contributed by atoms with Gasteiger partial charge in [0.15, 0.2) is 0 Å². The molecule has 0 spiro atoms. The summed E-state index contributed by atoms with van der Waals surface area (Å²) in [4.78, 5) is 6.86. The summed E-state index contributed by atoms with van der Waals surface area (Å²) in [5, 5.41) is 3.42. The van der Waals surface area contributed by atoms with Crippen molar-refractivity contribution in [2.24, 2.45) is 4.99 Å². The van der Waals surface area contributed by atoms with Crippen LogP contribution >= 0.6 is 0 Å². The highest BCUT2D eigenvalue weighted by molar-refractivity contribution is 5.79. The number of hydrogen-bond acceptors (Lipinski definition) is 2. The van der Waals surface area contributed by atoms with E-state index < -0.39 is 0 Å². The third kappa shape index (κ3) is 7.37. The molecular weight excluding hydrogens is 186 g/mol. The second-order valence-corrected chi connectivity index (χ2v) is 4.37. The number of nitrogens with one attached hydrogen (secondary N) is 1. The maximum Gasteiger partial charge on any atom is 0.0937 e. The molecule has 0 heterocycles. The van der Waals surface area contributed by atoms with Gasteiger partial charge in [-0.05, 0) is 40.8 Å². The van der Waals surface area contributed by atoms with Crippen molar-refractivity contribution in [3.63, 3.8) is 0 Å². The molecule has 0 bridgehead atoms. The Labute approximate surface area is 95.0 Å². The average molecular weight is 213 g/mol. The fourth-order valence-corrected chi connectivity index (χ4v) is 1.46. The molecule has 0 saturated carbocycles. The second kappa shape index (κ2) is 7.69. The maximum atomic E-state index is 4.56. The van der Waals surface area contributed by atoms with Gasteiger partial charge in [-0.15, -0.1) is 0 Å². The Balaban J connectivity index is 3.94. The fraction of sp³-hybridized carbons (Fsp3) is 0.917. The maximum absolute atomic E-state index is 4.56. The predicted octanol–water partition coefficient (Wildman–Crippen LogP) is 2.13. The summed E-state index contributed by atoms with van der Waals surface area (Å²) in [6, 6.07) is 0.886. The zero-order chi connectivity index (χ0) is 11.8. The molecule has 0 aliphatic carbocycles. The van der Waals surface area contributed by atoms with E-state index in [0.717, 1.165) is 25.3 Å². The van der Waals surface area contributed by atoms with E-state index in [1.165, 1.54) is 0 Å². The van der Waals surface area contributed by atoms with E-state index in [9.17, 15) is 0 Å². The highest BCUT2D eigenvalue weighted by atomic mass is 15.1. The van der Waals surface area contributed by atoms with Gasteiger partial charge in [0.25, 0.3) is 0 Å². The van der Waals surface area contributed by atoms with Crippen LogP contribution in [0.3, 0.4) is 0 Å². The van der Waals surface area contributed by atoms with E-state index in [4.69, 9.17) is 0 Å². The summed E-state index contributed by atoms with van der Waals surface area (Å²) in [5.41, 5.74) is 0. The second-order valence-electron chi connectivity index (χ2n) is 4.37. The molecular formula is C12H27N3. The topological polar surface area (TPSA) is 27.6 Å². The first-order chi connectivity index (χ1) is 6.99. The predicted molar refractivity (Wildman–Crippen MR) is 68.6 cm³/mol. The summed E-state index contributed by atoms with van der Waals surface area (Å²) in [5.74, 6) is 1.06. The van der Waals surface area contributed by atoms with E-state index in [0.29, 0.717) is 12.1 Å². The molecule has 0 aromatic rings. The van der Waals surface area contributed by atoms with Gasteiger partial charge in [-0.1, -0.05) is 13.8 Å². The first-order valence-electron chi connectivity index (χ1n) is 5.99. The van der Waals surface area contributed by atoms with Gasteiger partial charge in [0.1, 0.15) is 0 Å². The third-order valence-electron chi connectivity index (χ3n) is 2.59. The molecule has 1 N–H and O–H groups in total. The zero-order valence-electron chi connectivity index (χ0n) is 11.2. The Hall–Kier alpha value is -0.570. The monoisotopic (exact) mass is 213 g/mol. The van der Waals surface area contributed by atoms with Gasteiger partial charge >= 0.3 is 0 Å². The van der Waals surface area contributed by atoms with Gasteiger partial charge in [0.2, 0.25) is 0 Å². The van der Waals surface area contributed by atoms with Crippen molar-refractivity contribution in [1.82, 2.24) is 10.2 Å². The largest absolute Gasteiger partial charge is 0.370 e. The molecule has 3 heteroatoms. The first kappa shape index (κ1) is 14.4. The van der Waals surface area contributed by atoms with Crippen molar-refractivity contribution < 1.29 is 0 Å². The molecule has 0 aromatic heterocycles. The Morgan fingerprint density at radius 2 is 1.93 bits per heavy atom. The lowest BCUT2D eigenvalue weighted by Crippen LogP contribution is -2.40. The minimum atomic E-state index is 0.425. The number of hydrogen-bond donors (Lipinski definition) is 1. The lowest BCUT2D eigenvalue weighted by atomic mass is 10.3. The van der Waals surface area contributed by atoms with Crippen LogP contribution in [0.2, 0.25) is 0 Å². The van der Waals surface area contributed by atoms with E-state index >= 15 is 0 Å². The van der Waals surface area contributed by atoms with Crippen LogP contribution in [-0.4, -0.2) is 43.0 Å². The SMILES string of the molecule is CCC(C)N=C(C)NC(C)CN(C)CC. The van der Waals surface area contributed by atoms with Gasteiger partial charge < -0.3 is 10.2 Å². The standard InChI is InChI=1S/C12H27N3/c1-7-10(3)13-12(5)14-11(4)9-15(6)8-2/h10-11H,7-9H2,1-6H3,(H,13,14). The van der Waals surface area contributed by atoms with Crippen LogP contribution in [0, 0.1) is 0 Å². The van der Waals surface area contributed by atoms with Crippen LogP contribution in [0.25, 0.3) is 0 Å².